The molecule has 1 saturated heterocycles. The maximum atomic E-state index is 6.13. The van der Waals surface area contributed by atoms with Crippen LogP contribution in [0.5, 0.6) is 5.88 Å². The highest BCUT2D eigenvalue weighted by molar-refractivity contribution is 5.94. The van der Waals surface area contributed by atoms with E-state index in [2.05, 4.69) is 44.2 Å². The van der Waals surface area contributed by atoms with E-state index < -0.39 is 0 Å². The first-order chi connectivity index (χ1) is 11.7. The first kappa shape index (κ1) is 15.1. The Hall–Kier alpha value is -2.48. The van der Waals surface area contributed by atoms with Gasteiger partial charge in [0.15, 0.2) is 11.6 Å². The largest absolute Gasteiger partial charge is 0.474 e. The Morgan fingerprint density at radius 3 is 2.79 bits per heavy atom. The van der Waals surface area contributed by atoms with E-state index >= 15 is 0 Å². The third-order valence-electron chi connectivity index (χ3n) is 4.13. The zero-order chi connectivity index (χ0) is 16.5. The van der Waals surface area contributed by atoms with Crippen LogP contribution in [0.3, 0.4) is 0 Å². The van der Waals surface area contributed by atoms with Gasteiger partial charge in [-0.25, -0.2) is 9.97 Å². The van der Waals surface area contributed by atoms with Gasteiger partial charge in [0.05, 0.1) is 24.1 Å². The number of pyridine rings is 1. The lowest BCUT2D eigenvalue weighted by atomic mass is 10.1. The second kappa shape index (κ2) is 6.20. The summed E-state index contributed by atoms with van der Waals surface area (Å²) in [5.41, 5.74) is 1.55. The van der Waals surface area contributed by atoms with Crippen LogP contribution < -0.4 is 4.74 Å². The van der Waals surface area contributed by atoms with Gasteiger partial charge in [-0.05, 0) is 6.07 Å². The predicted molar refractivity (Wildman–Crippen MR) is 87.8 cm³/mol. The molecule has 3 aromatic rings. The van der Waals surface area contributed by atoms with Crippen molar-refractivity contribution >= 4 is 10.9 Å². The van der Waals surface area contributed by atoms with Crippen LogP contribution in [0, 0.1) is 0 Å². The minimum atomic E-state index is 0.112. The van der Waals surface area contributed by atoms with Crippen molar-refractivity contribution in [3.8, 4) is 17.4 Å². The quantitative estimate of drug-likeness (QED) is 0.762. The predicted octanol–water partition coefficient (Wildman–Crippen LogP) is 2.42. The highest BCUT2D eigenvalue weighted by Gasteiger charge is 2.22. The molecule has 1 aliphatic heterocycles. The van der Waals surface area contributed by atoms with E-state index in [0.29, 0.717) is 17.4 Å². The normalized spacial score (nSPS) is 16.1. The van der Waals surface area contributed by atoms with Crippen LogP contribution in [-0.2, 0) is 4.74 Å². The minimum Gasteiger partial charge on any atom is -0.474 e. The number of aromatic amines is 2. The van der Waals surface area contributed by atoms with Crippen molar-refractivity contribution in [2.45, 2.75) is 38.7 Å². The molecule has 126 valence electrons. The molecule has 4 heterocycles. The number of hydrogen-bond donors (Lipinski definition) is 2. The maximum absolute atomic E-state index is 6.13. The highest BCUT2D eigenvalue weighted by Crippen LogP contribution is 2.32. The van der Waals surface area contributed by atoms with Crippen LogP contribution in [0.4, 0.5) is 0 Å². The van der Waals surface area contributed by atoms with E-state index in [0.717, 1.165) is 42.8 Å². The van der Waals surface area contributed by atoms with Gasteiger partial charge in [0.25, 0.3) is 0 Å². The molecule has 0 radical (unpaired) electrons. The van der Waals surface area contributed by atoms with Crippen molar-refractivity contribution in [3.05, 3.63) is 18.1 Å². The monoisotopic (exact) mass is 328 g/mol. The van der Waals surface area contributed by atoms with Crippen LogP contribution >= 0.6 is 0 Å². The maximum Gasteiger partial charge on any atom is 0.225 e. The molecule has 1 fully saturated rings. The molecule has 0 amide bonds. The van der Waals surface area contributed by atoms with Crippen molar-refractivity contribution in [1.29, 1.82) is 0 Å². The Balaban J connectivity index is 1.73. The molecule has 3 aromatic heterocycles. The van der Waals surface area contributed by atoms with Gasteiger partial charge in [0.2, 0.25) is 5.88 Å². The Morgan fingerprint density at radius 1 is 1.21 bits per heavy atom. The molecule has 0 spiro atoms. The summed E-state index contributed by atoms with van der Waals surface area (Å²) in [5, 5.41) is 15.5. The van der Waals surface area contributed by atoms with Gasteiger partial charge in [0.1, 0.15) is 11.8 Å². The molecule has 0 aliphatic carbocycles. The van der Waals surface area contributed by atoms with Gasteiger partial charge in [-0.15, -0.1) is 0 Å². The second-order valence-corrected chi connectivity index (χ2v) is 6.24. The first-order valence-corrected chi connectivity index (χ1v) is 8.22. The summed E-state index contributed by atoms with van der Waals surface area (Å²) in [4.78, 5) is 8.95. The van der Waals surface area contributed by atoms with E-state index in [1.807, 2.05) is 6.07 Å². The number of hydrogen-bond acceptors (Lipinski definition) is 6. The second-order valence-electron chi connectivity index (χ2n) is 6.24. The number of nitrogens with zero attached hydrogens (tertiary/aromatic N) is 4. The zero-order valence-corrected chi connectivity index (χ0v) is 13.7. The van der Waals surface area contributed by atoms with Crippen LogP contribution in [0.2, 0.25) is 0 Å². The molecule has 0 unspecified atom stereocenters. The van der Waals surface area contributed by atoms with Crippen LogP contribution in [0.25, 0.3) is 22.4 Å². The SMILES string of the molecule is CC(C)c1n[nH]c(-c2n[nH]c3ccnc(OC4CCOCC4)c23)n1. The average Bonchev–Trinajstić information content (AvgIpc) is 3.23. The molecule has 4 rings (SSSR count). The van der Waals surface area contributed by atoms with Crippen LogP contribution in [0.1, 0.15) is 38.4 Å². The summed E-state index contributed by atoms with van der Waals surface area (Å²) < 4.78 is 11.5. The van der Waals surface area contributed by atoms with Gasteiger partial charge < -0.3 is 9.47 Å². The molecule has 1 aliphatic rings. The molecule has 2 N–H and O–H groups in total. The zero-order valence-electron chi connectivity index (χ0n) is 13.7. The summed E-state index contributed by atoms with van der Waals surface area (Å²) in [6.07, 6.45) is 3.56. The summed E-state index contributed by atoms with van der Waals surface area (Å²) in [6.45, 7) is 5.55. The summed E-state index contributed by atoms with van der Waals surface area (Å²) in [7, 11) is 0. The molecule has 0 atom stereocenters. The smallest absolute Gasteiger partial charge is 0.225 e. The third kappa shape index (κ3) is 2.73. The number of ether oxygens (including phenoxy) is 2. The molecular weight excluding hydrogens is 308 g/mol. The molecule has 8 heteroatoms. The van der Waals surface area contributed by atoms with E-state index in [-0.39, 0.29) is 12.0 Å². The van der Waals surface area contributed by atoms with Crippen molar-refractivity contribution in [2.24, 2.45) is 0 Å². The minimum absolute atomic E-state index is 0.112. The number of H-pyrrole nitrogens is 2. The Bertz CT molecular complexity index is 834. The molecular formula is C16H20N6O2. The number of rotatable bonds is 4. The highest BCUT2D eigenvalue weighted by atomic mass is 16.5. The molecule has 0 saturated carbocycles. The van der Waals surface area contributed by atoms with Crippen molar-refractivity contribution < 1.29 is 9.47 Å². The standard InChI is InChI=1S/C16H20N6O2/c1-9(2)14-18-15(22-21-14)13-12-11(19-20-13)3-6-17-16(12)24-10-4-7-23-8-5-10/h3,6,9-10H,4-5,7-8H2,1-2H3,(H,19,20)(H,18,21,22). The molecule has 8 nitrogen and oxygen atoms in total. The fourth-order valence-corrected chi connectivity index (χ4v) is 2.79. The van der Waals surface area contributed by atoms with E-state index in [9.17, 15) is 0 Å². The lowest BCUT2D eigenvalue weighted by Gasteiger charge is -2.22. The van der Waals surface area contributed by atoms with Gasteiger partial charge in [0, 0.05) is 25.0 Å². The average molecular weight is 328 g/mol. The summed E-state index contributed by atoms with van der Waals surface area (Å²) in [6, 6.07) is 1.88. The van der Waals surface area contributed by atoms with Crippen molar-refractivity contribution in [3.63, 3.8) is 0 Å². The van der Waals surface area contributed by atoms with Gasteiger partial charge >= 0.3 is 0 Å². The lowest BCUT2D eigenvalue weighted by molar-refractivity contribution is 0.0244. The van der Waals surface area contributed by atoms with Crippen LogP contribution in [-0.4, -0.2) is 49.7 Å². The van der Waals surface area contributed by atoms with Gasteiger partial charge in [-0.1, -0.05) is 13.8 Å². The lowest BCUT2D eigenvalue weighted by Crippen LogP contribution is -2.26. The Morgan fingerprint density at radius 2 is 2.04 bits per heavy atom. The van der Waals surface area contributed by atoms with Crippen molar-refractivity contribution in [2.75, 3.05) is 13.2 Å². The Kier molecular flexibility index (Phi) is 3.89. The van der Waals surface area contributed by atoms with E-state index in [1.165, 1.54) is 0 Å². The fraction of sp³-hybridized carbons (Fsp3) is 0.500. The van der Waals surface area contributed by atoms with E-state index in [4.69, 9.17) is 9.47 Å². The Labute approximate surface area is 139 Å². The summed E-state index contributed by atoms with van der Waals surface area (Å²) in [5.74, 6) is 2.20. The first-order valence-electron chi connectivity index (χ1n) is 8.22. The van der Waals surface area contributed by atoms with E-state index in [1.54, 1.807) is 6.20 Å². The number of aromatic nitrogens is 6. The third-order valence-corrected chi connectivity index (χ3v) is 4.13. The molecule has 0 bridgehead atoms. The molecule has 24 heavy (non-hydrogen) atoms. The van der Waals surface area contributed by atoms with Crippen LogP contribution in [0.15, 0.2) is 12.3 Å². The number of fused-ring (bicyclic) bond motifs is 1. The molecule has 0 aromatic carbocycles. The van der Waals surface area contributed by atoms with Gasteiger partial charge in [-0.3, -0.25) is 10.2 Å². The number of nitrogens with one attached hydrogen (secondary N) is 2. The topological polar surface area (TPSA) is 102 Å². The summed E-state index contributed by atoms with van der Waals surface area (Å²) >= 11 is 0. The fourth-order valence-electron chi connectivity index (χ4n) is 2.79. The van der Waals surface area contributed by atoms with Gasteiger partial charge in [-0.2, -0.15) is 10.2 Å². The van der Waals surface area contributed by atoms with Crippen molar-refractivity contribution in [1.82, 2.24) is 30.4 Å².